The Kier molecular flexibility index (Phi) is 4.03. The zero-order chi connectivity index (χ0) is 17.4. The van der Waals surface area contributed by atoms with E-state index >= 15 is 0 Å². The fraction of sp³-hybridized carbons (Fsp3) is 0.529. The van der Waals surface area contributed by atoms with E-state index in [0.717, 1.165) is 55.0 Å². The summed E-state index contributed by atoms with van der Waals surface area (Å²) in [7, 11) is 0. The fourth-order valence-electron chi connectivity index (χ4n) is 3.82. The molecule has 8 nitrogen and oxygen atoms in total. The minimum atomic E-state index is -0.114. The molecule has 1 fully saturated rings. The average molecular weight is 341 g/mol. The average Bonchev–Trinajstić information content (AvgIpc) is 3.24. The van der Waals surface area contributed by atoms with Crippen LogP contribution in [0.2, 0.25) is 0 Å². The quantitative estimate of drug-likeness (QED) is 0.754. The maximum atomic E-state index is 11.8. The molecular weight excluding hydrogens is 318 g/mol. The second-order valence-electron chi connectivity index (χ2n) is 6.48. The van der Waals surface area contributed by atoms with Crippen molar-refractivity contribution in [1.29, 1.82) is 0 Å². The number of hydrogen-bond donors (Lipinski definition) is 2. The van der Waals surface area contributed by atoms with Gasteiger partial charge < -0.3 is 9.88 Å². The van der Waals surface area contributed by atoms with Crippen LogP contribution >= 0.6 is 0 Å². The highest BCUT2D eigenvalue weighted by Gasteiger charge is 2.27. The second kappa shape index (κ2) is 6.34. The van der Waals surface area contributed by atoms with E-state index in [1.165, 1.54) is 5.56 Å². The van der Waals surface area contributed by atoms with Crippen molar-refractivity contribution in [2.24, 2.45) is 0 Å². The maximum absolute atomic E-state index is 11.8. The van der Waals surface area contributed by atoms with Crippen LogP contribution in [0.3, 0.4) is 0 Å². The number of piperidine rings is 1. The molecule has 0 saturated carbocycles. The van der Waals surface area contributed by atoms with Crippen LogP contribution in [0.25, 0.3) is 11.0 Å². The van der Waals surface area contributed by atoms with Gasteiger partial charge in [-0.25, -0.2) is 19.9 Å². The Morgan fingerprint density at radius 3 is 2.76 bits per heavy atom. The van der Waals surface area contributed by atoms with Crippen LogP contribution in [0.1, 0.15) is 44.0 Å². The smallest absolute Gasteiger partial charge is 0.343 e. The number of aromatic nitrogens is 6. The van der Waals surface area contributed by atoms with Crippen molar-refractivity contribution >= 4 is 16.9 Å². The molecule has 0 spiro atoms. The molecule has 1 aliphatic rings. The number of hydrogen-bond acceptors (Lipinski definition) is 5. The molecule has 0 atom stereocenters. The highest BCUT2D eigenvalue weighted by molar-refractivity contribution is 5.90. The number of nitrogens with one attached hydrogen (secondary N) is 2. The molecule has 8 heteroatoms. The molecule has 0 aromatic carbocycles. The van der Waals surface area contributed by atoms with Crippen LogP contribution in [0.15, 0.2) is 17.3 Å². The molecule has 2 N–H and O–H groups in total. The summed E-state index contributed by atoms with van der Waals surface area (Å²) in [6.45, 7) is 6.57. The van der Waals surface area contributed by atoms with E-state index in [2.05, 4.69) is 37.0 Å². The predicted octanol–water partition coefficient (Wildman–Crippen LogP) is 1.81. The minimum Gasteiger partial charge on any atom is -0.356 e. The van der Waals surface area contributed by atoms with Gasteiger partial charge in [0.05, 0.1) is 5.39 Å². The number of nitrogens with zero attached hydrogens (tertiary/aromatic N) is 5. The van der Waals surface area contributed by atoms with Crippen molar-refractivity contribution in [3.05, 3.63) is 34.4 Å². The number of fused-ring (bicyclic) bond motifs is 1. The van der Waals surface area contributed by atoms with Gasteiger partial charge >= 0.3 is 5.69 Å². The third-order valence-electron chi connectivity index (χ3n) is 5.18. The summed E-state index contributed by atoms with van der Waals surface area (Å²) >= 11 is 0. The van der Waals surface area contributed by atoms with Gasteiger partial charge in [0, 0.05) is 31.7 Å². The highest BCUT2D eigenvalue weighted by atomic mass is 16.1. The van der Waals surface area contributed by atoms with Gasteiger partial charge in [-0.3, -0.25) is 4.57 Å². The summed E-state index contributed by atoms with van der Waals surface area (Å²) < 4.78 is 1.74. The Morgan fingerprint density at radius 2 is 2.04 bits per heavy atom. The fourth-order valence-corrected chi connectivity index (χ4v) is 3.82. The van der Waals surface area contributed by atoms with Crippen LogP contribution in [0.5, 0.6) is 0 Å². The first-order valence-electron chi connectivity index (χ1n) is 8.93. The summed E-state index contributed by atoms with van der Waals surface area (Å²) in [4.78, 5) is 26.3. The predicted molar refractivity (Wildman–Crippen MR) is 96.0 cm³/mol. The third-order valence-corrected chi connectivity index (χ3v) is 5.18. The van der Waals surface area contributed by atoms with E-state index in [-0.39, 0.29) is 5.69 Å². The first kappa shape index (κ1) is 15.9. The van der Waals surface area contributed by atoms with Crippen LogP contribution in [-0.2, 0) is 13.0 Å². The lowest BCUT2D eigenvalue weighted by Gasteiger charge is -2.32. The van der Waals surface area contributed by atoms with E-state index in [1.54, 1.807) is 10.9 Å². The Balaban J connectivity index is 1.58. The SMILES string of the molecule is CCc1c[nH]c2ncnc(N3CCC(c4n[nH]c(=O)n4CC)CC3)c12. The Labute approximate surface area is 145 Å². The molecule has 0 radical (unpaired) electrons. The van der Waals surface area contributed by atoms with E-state index in [0.29, 0.717) is 12.5 Å². The van der Waals surface area contributed by atoms with Gasteiger partial charge in [0.25, 0.3) is 0 Å². The molecule has 4 rings (SSSR count). The molecule has 1 aliphatic heterocycles. The van der Waals surface area contributed by atoms with Crippen molar-refractivity contribution in [3.63, 3.8) is 0 Å². The molecule has 0 unspecified atom stereocenters. The summed E-state index contributed by atoms with van der Waals surface area (Å²) in [5.41, 5.74) is 2.04. The van der Waals surface area contributed by atoms with Gasteiger partial charge in [-0.2, -0.15) is 5.10 Å². The first-order valence-corrected chi connectivity index (χ1v) is 8.93. The van der Waals surface area contributed by atoms with E-state index in [4.69, 9.17) is 0 Å². The lowest BCUT2D eigenvalue weighted by atomic mass is 9.95. The Hall–Kier alpha value is -2.64. The van der Waals surface area contributed by atoms with Crippen molar-refractivity contribution in [2.75, 3.05) is 18.0 Å². The van der Waals surface area contributed by atoms with Crippen LogP contribution in [0.4, 0.5) is 5.82 Å². The largest absolute Gasteiger partial charge is 0.356 e. The third kappa shape index (κ3) is 2.61. The first-order chi connectivity index (χ1) is 12.2. The Morgan fingerprint density at radius 1 is 1.24 bits per heavy atom. The molecule has 132 valence electrons. The molecule has 0 amide bonds. The minimum absolute atomic E-state index is 0.114. The van der Waals surface area contributed by atoms with Crippen molar-refractivity contribution < 1.29 is 0 Å². The lowest BCUT2D eigenvalue weighted by molar-refractivity contribution is 0.464. The van der Waals surface area contributed by atoms with Gasteiger partial charge in [-0.15, -0.1) is 0 Å². The van der Waals surface area contributed by atoms with Crippen molar-refractivity contribution in [2.45, 2.75) is 45.6 Å². The van der Waals surface area contributed by atoms with Crippen molar-refractivity contribution in [1.82, 2.24) is 29.7 Å². The van der Waals surface area contributed by atoms with E-state index < -0.39 is 0 Å². The molecule has 4 heterocycles. The molecule has 25 heavy (non-hydrogen) atoms. The molecule has 3 aromatic rings. The Bertz CT molecular complexity index is 930. The second-order valence-corrected chi connectivity index (χ2v) is 6.48. The molecular formula is C17H23N7O. The number of aryl methyl sites for hydroxylation is 1. The van der Waals surface area contributed by atoms with Crippen LogP contribution < -0.4 is 10.6 Å². The van der Waals surface area contributed by atoms with Crippen molar-refractivity contribution in [3.8, 4) is 0 Å². The number of aromatic amines is 2. The summed E-state index contributed by atoms with van der Waals surface area (Å²) in [6.07, 6.45) is 6.53. The standard InChI is InChI=1S/C17H23N7O/c1-3-11-9-18-14-13(11)16(20-10-19-14)23-7-5-12(6-8-23)15-21-22-17(25)24(15)4-2/h9-10,12H,3-8H2,1-2H3,(H,22,25)(H,18,19,20). The van der Waals surface area contributed by atoms with E-state index in [1.807, 2.05) is 13.1 Å². The van der Waals surface area contributed by atoms with Gasteiger partial charge in [-0.05, 0) is 31.7 Å². The van der Waals surface area contributed by atoms with E-state index in [9.17, 15) is 4.79 Å². The molecule has 1 saturated heterocycles. The molecule has 3 aromatic heterocycles. The monoisotopic (exact) mass is 341 g/mol. The summed E-state index contributed by atoms with van der Waals surface area (Å²) in [5, 5.41) is 7.97. The number of anilines is 1. The zero-order valence-electron chi connectivity index (χ0n) is 14.6. The van der Waals surface area contributed by atoms with Gasteiger partial charge in [0.15, 0.2) is 0 Å². The number of rotatable bonds is 4. The lowest BCUT2D eigenvalue weighted by Crippen LogP contribution is -2.35. The topological polar surface area (TPSA) is 95.5 Å². The summed E-state index contributed by atoms with van der Waals surface area (Å²) in [6, 6.07) is 0. The van der Waals surface area contributed by atoms with Crippen LogP contribution in [0, 0.1) is 0 Å². The van der Waals surface area contributed by atoms with Crippen LogP contribution in [-0.4, -0.2) is 42.8 Å². The normalized spacial score (nSPS) is 16.0. The molecule has 0 aliphatic carbocycles. The zero-order valence-corrected chi connectivity index (χ0v) is 14.6. The molecule has 0 bridgehead atoms. The summed E-state index contributed by atoms with van der Waals surface area (Å²) in [5.74, 6) is 2.21. The maximum Gasteiger partial charge on any atom is 0.343 e. The highest BCUT2D eigenvalue weighted by Crippen LogP contribution is 2.32. The van der Waals surface area contributed by atoms with Gasteiger partial charge in [0.1, 0.15) is 23.6 Å². The van der Waals surface area contributed by atoms with Gasteiger partial charge in [-0.1, -0.05) is 6.92 Å². The van der Waals surface area contributed by atoms with Gasteiger partial charge in [0.2, 0.25) is 0 Å². The number of H-pyrrole nitrogens is 2.